The first kappa shape index (κ1) is 13.7. The Balaban J connectivity index is 1.73. The van der Waals surface area contributed by atoms with Gasteiger partial charge in [0.25, 0.3) is 0 Å². The van der Waals surface area contributed by atoms with Gasteiger partial charge in [0.2, 0.25) is 0 Å². The summed E-state index contributed by atoms with van der Waals surface area (Å²) in [5, 5.41) is 3.33. The predicted molar refractivity (Wildman–Crippen MR) is 77.9 cm³/mol. The van der Waals surface area contributed by atoms with Crippen LogP contribution in [-0.2, 0) is 0 Å². The lowest BCUT2D eigenvalue weighted by Crippen LogP contribution is -2.44. The van der Waals surface area contributed by atoms with Crippen molar-refractivity contribution in [2.45, 2.75) is 18.6 Å². The third kappa shape index (κ3) is 4.18. The smallest absolute Gasteiger partial charge is 0.123 e. The van der Waals surface area contributed by atoms with Crippen LogP contribution in [0.1, 0.15) is 13.8 Å². The van der Waals surface area contributed by atoms with Crippen molar-refractivity contribution in [3.63, 3.8) is 0 Å². The van der Waals surface area contributed by atoms with Crippen LogP contribution in [0.3, 0.4) is 0 Å². The van der Waals surface area contributed by atoms with Crippen LogP contribution in [0.2, 0.25) is 0 Å². The van der Waals surface area contributed by atoms with Gasteiger partial charge in [0, 0.05) is 42.4 Å². The third-order valence-corrected chi connectivity index (χ3v) is 4.40. The first-order valence-electron chi connectivity index (χ1n) is 6.41. The Bertz CT molecular complexity index is 378. The molecule has 0 aliphatic carbocycles. The molecule has 4 heteroatoms. The van der Waals surface area contributed by atoms with Crippen molar-refractivity contribution in [2.24, 2.45) is 0 Å². The fourth-order valence-electron chi connectivity index (χ4n) is 2.23. The maximum atomic E-state index is 12.7. The first-order chi connectivity index (χ1) is 8.55. The molecule has 1 heterocycles. The molecule has 1 aliphatic rings. The van der Waals surface area contributed by atoms with E-state index >= 15 is 0 Å². The van der Waals surface area contributed by atoms with E-state index in [2.05, 4.69) is 35.8 Å². The standard InChI is InChI=1S/C14H21FN2S/c1-14(2)11-17(9-10-18-14)8-7-16-13-5-3-12(15)4-6-13/h3-6,16H,7-11H2,1-2H3. The zero-order valence-corrected chi connectivity index (χ0v) is 11.9. The summed E-state index contributed by atoms with van der Waals surface area (Å²) in [6, 6.07) is 6.54. The van der Waals surface area contributed by atoms with Crippen LogP contribution in [0.15, 0.2) is 24.3 Å². The van der Waals surface area contributed by atoms with Crippen molar-refractivity contribution in [3.8, 4) is 0 Å². The molecule has 2 rings (SSSR count). The van der Waals surface area contributed by atoms with Gasteiger partial charge in [-0.2, -0.15) is 11.8 Å². The Morgan fingerprint density at radius 3 is 2.72 bits per heavy atom. The zero-order chi connectivity index (χ0) is 13.0. The molecule has 1 aromatic rings. The minimum absolute atomic E-state index is 0.185. The molecule has 0 spiro atoms. The molecule has 0 saturated carbocycles. The molecule has 0 unspecified atom stereocenters. The van der Waals surface area contributed by atoms with Crippen LogP contribution in [0, 0.1) is 5.82 Å². The van der Waals surface area contributed by atoms with Crippen LogP contribution >= 0.6 is 11.8 Å². The van der Waals surface area contributed by atoms with Crippen molar-refractivity contribution >= 4 is 17.4 Å². The van der Waals surface area contributed by atoms with E-state index in [4.69, 9.17) is 0 Å². The summed E-state index contributed by atoms with van der Waals surface area (Å²) in [6.45, 7) is 8.87. The molecule has 1 aromatic carbocycles. The molecule has 0 amide bonds. The van der Waals surface area contributed by atoms with Crippen molar-refractivity contribution in [2.75, 3.05) is 37.2 Å². The molecular weight excluding hydrogens is 247 g/mol. The highest BCUT2D eigenvalue weighted by Gasteiger charge is 2.26. The quantitative estimate of drug-likeness (QED) is 0.903. The Morgan fingerprint density at radius 2 is 2.06 bits per heavy atom. The summed E-state index contributed by atoms with van der Waals surface area (Å²) >= 11 is 2.05. The minimum atomic E-state index is -0.185. The highest BCUT2D eigenvalue weighted by molar-refractivity contribution is 8.00. The third-order valence-electron chi connectivity index (χ3n) is 3.11. The highest BCUT2D eigenvalue weighted by atomic mass is 32.2. The number of hydrogen-bond donors (Lipinski definition) is 1. The number of nitrogens with zero attached hydrogens (tertiary/aromatic N) is 1. The molecule has 0 radical (unpaired) electrons. The molecule has 1 fully saturated rings. The summed E-state index contributed by atoms with van der Waals surface area (Å²) < 4.78 is 13.1. The van der Waals surface area contributed by atoms with E-state index in [1.54, 1.807) is 12.1 Å². The van der Waals surface area contributed by atoms with Gasteiger partial charge in [-0.25, -0.2) is 4.39 Å². The van der Waals surface area contributed by atoms with E-state index in [0.29, 0.717) is 4.75 Å². The number of halogens is 1. The molecule has 100 valence electrons. The van der Waals surface area contributed by atoms with E-state index in [1.807, 2.05) is 0 Å². The summed E-state index contributed by atoms with van der Waals surface area (Å²) in [5.41, 5.74) is 0.988. The summed E-state index contributed by atoms with van der Waals surface area (Å²) in [7, 11) is 0. The summed E-state index contributed by atoms with van der Waals surface area (Å²) in [5.74, 6) is 1.03. The van der Waals surface area contributed by atoms with Crippen molar-refractivity contribution < 1.29 is 4.39 Å². The van der Waals surface area contributed by atoms with Gasteiger partial charge in [-0.1, -0.05) is 0 Å². The molecular formula is C14H21FN2S. The number of thioether (sulfide) groups is 1. The van der Waals surface area contributed by atoms with Gasteiger partial charge < -0.3 is 5.32 Å². The van der Waals surface area contributed by atoms with E-state index in [0.717, 1.165) is 25.3 Å². The molecule has 0 aromatic heterocycles. The van der Waals surface area contributed by atoms with Crippen molar-refractivity contribution in [1.29, 1.82) is 0 Å². The zero-order valence-electron chi connectivity index (χ0n) is 11.1. The van der Waals surface area contributed by atoms with Crippen molar-refractivity contribution in [3.05, 3.63) is 30.1 Å². The largest absolute Gasteiger partial charge is 0.384 e. The monoisotopic (exact) mass is 268 g/mol. The number of nitrogens with one attached hydrogen (secondary N) is 1. The maximum Gasteiger partial charge on any atom is 0.123 e. The van der Waals surface area contributed by atoms with E-state index in [-0.39, 0.29) is 5.82 Å². The Morgan fingerprint density at radius 1 is 1.33 bits per heavy atom. The molecule has 1 N–H and O–H groups in total. The Hall–Kier alpha value is -0.740. The van der Waals surface area contributed by atoms with Crippen LogP contribution in [0.4, 0.5) is 10.1 Å². The van der Waals surface area contributed by atoms with Gasteiger partial charge in [0.05, 0.1) is 0 Å². The highest BCUT2D eigenvalue weighted by Crippen LogP contribution is 2.29. The molecule has 1 saturated heterocycles. The number of benzene rings is 1. The van der Waals surface area contributed by atoms with Crippen LogP contribution < -0.4 is 5.32 Å². The SMILES string of the molecule is CC1(C)CN(CCNc2ccc(F)cc2)CCS1. The normalized spacial score (nSPS) is 19.7. The fraction of sp³-hybridized carbons (Fsp3) is 0.571. The lowest BCUT2D eigenvalue weighted by atomic mass is 10.2. The minimum Gasteiger partial charge on any atom is -0.384 e. The number of rotatable bonds is 4. The predicted octanol–water partition coefficient (Wildman–Crippen LogP) is 3.07. The Kier molecular flexibility index (Phi) is 4.51. The molecule has 0 bridgehead atoms. The summed E-state index contributed by atoms with van der Waals surface area (Å²) in [6.07, 6.45) is 0. The second-order valence-electron chi connectivity index (χ2n) is 5.32. The van der Waals surface area contributed by atoms with Crippen LogP contribution in [0.25, 0.3) is 0 Å². The van der Waals surface area contributed by atoms with Gasteiger partial charge in [0.15, 0.2) is 0 Å². The van der Waals surface area contributed by atoms with Gasteiger partial charge in [-0.3, -0.25) is 4.90 Å². The van der Waals surface area contributed by atoms with Crippen LogP contribution in [0.5, 0.6) is 0 Å². The summed E-state index contributed by atoms with van der Waals surface area (Å²) in [4.78, 5) is 2.49. The molecule has 2 nitrogen and oxygen atoms in total. The van der Waals surface area contributed by atoms with Gasteiger partial charge in [-0.05, 0) is 38.1 Å². The number of anilines is 1. The van der Waals surface area contributed by atoms with E-state index in [1.165, 1.54) is 24.4 Å². The van der Waals surface area contributed by atoms with Crippen molar-refractivity contribution in [1.82, 2.24) is 4.90 Å². The first-order valence-corrected chi connectivity index (χ1v) is 7.39. The van der Waals surface area contributed by atoms with Gasteiger partial charge in [-0.15, -0.1) is 0 Å². The topological polar surface area (TPSA) is 15.3 Å². The maximum absolute atomic E-state index is 12.7. The second-order valence-corrected chi connectivity index (χ2v) is 7.12. The van der Waals surface area contributed by atoms with E-state index in [9.17, 15) is 4.39 Å². The lowest BCUT2D eigenvalue weighted by Gasteiger charge is -2.37. The number of hydrogen-bond acceptors (Lipinski definition) is 3. The lowest BCUT2D eigenvalue weighted by molar-refractivity contribution is 0.270. The average molecular weight is 268 g/mol. The van der Waals surface area contributed by atoms with Crippen LogP contribution in [-0.4, -0.2) is 41.6 Å². The van der Waals surface area contributed by atoms with Gasteiger partial charge >= 0.3 is 0 Å². The fourth-order valence-corrected chi connectivity index (χ4v) is 3.41. The Labute approximate surface area is 113 Å². The second kappa shape index (κ2) is 5.93. The van der Waals surface area contributed by atoms with Gasteiger partial charge in [0.1, 0.15) is 5.82 Å². The molecule has 18 heavy (non-hydrogen) atoms. The van der Waals surface area contributed by atoms with E-state index < -0.39 is 0 Å². The average Bonchev–Trinajstić information content (AvgIpc) is 2.30. The molecule has 1 aliphatic heterocycles. The molecule has 0 atom stereocenters.